The van der Waals surface area contributed by atoms with E-state index in [1.165, 1.54) is 24.3 Å². The normalized spacial score (nSPS) is 10.2. The Morgan fingerprint density at radius 1 is 1.04 bits per heavy atom. The van der Waals surface area contributed by atoms with Crippen molar-refractivity contribution in [2.75, 3.05) is 5.32 Å². The summed E-state index contributed by atoms with van der Waals surface area (Å²) >= 11 is 5.07. The van der Waals surface area contributed by atoms with E-state index in [0.717, 1.165) is 11.3 Å². The molecule has 126 valence electrons. The number of aryl methyl sites for hydroxylation is 1. The summed E-state index contributed by atoms with van der Waals surface area (Å²) in [5.74, 6) is -0.488. The molecule has 0 aromatic heterocycles. The minimum absolute atomic E-state index is 0.0222. The summed E-state index contributed by atoms with van der Waals surface area (Å²) in [6.07, 6.45) is 0. The number of carbonyl (C=O) groups is 1. The molecular weight excluding hydrogens is 336 g/mol. The van der Waals surface area contributed by atoms with Crippen molar-refractivity contribution in [2.24, 2.45) is 0 Å². The van der Waals surface area contributed by atoms with Crippen LogP contribution in [0.4, 0.5) is 14.5 Å². The Kier molecular flexibility index (Phi) is 6.02. The smallest absolute Gasteiger partial charge is 0.387 e. The van der Waals surface area contributed by atoms with Crippen LogP contribution in [0.3, 0.4) is 0 Å². The fourth-order valence-corrected chi connectivity index (χ4v) is 1.94. The quantitative estimate of drug-likeness (QED) is 0.583. The van der Waals surface area contributed by atoms with Gasteiger partial charge in [-0.1, -0.05) is 17.7 Å². The molecule has 1 amide bonds. The highest BCUT2D eigenvalue weighted by molar-refractivity contribution is 7.80. The molecule has 0 saturated carbocycles. The summed E-state index contributed by atoms with van der Waals surface area (Å²) in [6.45, 7) is -0.936. The van der Waals surface area contributed by atoms with Crippen molar-refractivity contribution in [3.05, 3.63) is 59.7 Å². The molecule has 8 heteroatoms. The van der Waals surface area contributed by atoms with Crippen LogP contribution in [0.1, 0.15) is 15.9 Å². The Balaban J connectivity index is 1.83. The highest BCUT2D eigenvalue weighted by Gasteiger charge is 2.08. The number of rotatable bonds is 4. The number of carbonyl (C=O) groups excluding carboxylic acids is 1. The fraction of sp³-hybridized carbons (Fsp3) is 0.125. The first-order valence-corrected chi connectivity index (χ1v) is 7.34. The number of alkyl halides is 2. The number of nitrogens with one attached hydrogen (secondary N) is 3. The number of amides is 1. The van der Waals surface area contributed by atoms with Gasteiger partial charge in [0.2, 0.25) is 0 Å². The summed E-state index contributed by atoms with van der Waals surface area (Å²) in [5, 5.41) is 3.12. The summed E-state index contributed by atoms with van der Waals surface area (Å²) in [4.78, 5) is 11.9. The second kappa shape index (κ2) is 8.21. The van der Waals surface area contributed by atoms with Crippen LogP contribution in [0.5, 0.6) is 5.75 Å². The molecule has 0 spiro atoms. The van der Waals surface area contributed by atoms with Crippen LogP contribution in [0, 0.1) is 6.92 Å². The van der Waals surface area contributed by atoms with Gasteiger partial charge in [0.25, 0.3) is 5.91 Å². The number of ether oxygens (including phenoxy) is 1. The molecule has 0 aliphatic carbocycles. The molecule has 5 nitrogen and oxygen atoms in total. The van der Waals surface area contributed by atoms with Gasteiger partial charge in [-0.25, -0.2) is 0 Å². The van der Waals surface area contributed by atoms with Crippen molar-refractivity contribution in [1.29, 1.82) is 0 Å². The maximum absolute atomic E-state index is 12.1. The lowest BCUT2D eigenvalue weighted by molar-refractivity contribution is -0.0498. The number of halogens is 2. The number of hydrazine groups is 1. The zero-order chi connectivity index (χ0) is 17.5. The maximum atomic E-state index is 12.1. The van der Waals surface area contributed by atoms with Gasteiger partial charge in [-0.3, -0.25) is 15.6 Å². The van der Waals surface area contributed by atoms with Crippen molar-refractivity contribution in [1.82, 2.24) is 10.9 Å². The maximum Gasteiger partial charge on any atom is 0.387 e. The molecule has 0 bridgehead atoms. The minimum Gasteiger partial charge on any atom is -0.435 e. The van der Waals surface area contributed by atoms with Crippen molar-refractivity contribution in [3.63, 3.8) is 0 Å². The number of benzene rings is 2. The van der Waals surface area contributed by atoms with Crippen molar-refractivity contribution in [2.45, 2.75) is 13.5 Å². The molecule has 0 aliphatic heterocycles. The summed E-state index contributed by atoms with van der Waals surface area (Å²) in [7, 11) is 0. The van der Waals surface area contributed by atoms with E-state index in [4.69, 9.17) is 12.2 Å². The highest BCUT2D eigenvalue weighted by atomic mass is 32.1. The third kappa shape index (κ3) is 5.47. The topological polar surface area (TPSA) is 62.4 Å². The fourth-order valence-electron chi connectivity index (χ4n) is 1.77. The Morgan fingerprint density at radius 3 is 2.25 bits per heavy atom. The molecule has 3 N–H and O–H groups in total. The predicted molar refractivity (Wildman–Crippen MR) is 91.1 cm³/mol. The van der Waals surface area contributed by atoms with Crippen LogP contribution in [-0.4, -0.2) is 17.6 Å². The van der Waals surface area contributed by atoms with Crippen molar-refractivity contribution in [3.8, 4) is 5.75 Å². The molecule has 0 aliphatic rings. The number of hydrogen-bond donors (Lipinski definition) is 3. The van der Waals surface area contributed by atoms with E-state index in [1.54, 1.807) is 0 Å². The molecule has 2 aromatic rings. The van der Waals surface area contributed by atoms with Crippen LogP contribution >= 0.6 is 12.2 Å². The molecule has 2 aromatic carbocycles. The number of hydrogen-bond acceptors (Lipinski definition) is 3. The van der Waals surface area contributed by atoms with E-state index in [9.17, 15) is 13.6 Å². The number of thiocarbonyl (C=S) groups is 1. The van der Waals surface area contributed by atoms with Crippen LogP contribution in [0.25, 0.3) is 0 Å². The van der Waals surface area contributed by atoms with Gasteiger partial charge in [-0.05, 0) is 55.5 Å². The molecule has 0 saturated heterocycles. The van der Waals surface area contributed by atoms with E-state index < -0.39 is 12.5 Å². The largest absolute Gasteiger partial charge is 0.435 e. The van der Waals surface area contributed by atoms with Gasteiger partial charge in [-0.2, -0.15) is 8.78 Å². The van der Waals surface area contributed by atoms with Crippen LogP contribution in [-0.2, 0) is 0 Å². The summed E-state index contributed by atoms with van der Waals surface area (Å²) in [5.41, 5.74) is 7.13. The van der Waals surface area contributed by atoms with Gasteiger partial charge in [0.05, 0.1) is 0 Å². The molecule has 0 unspecified atom stereocenters. The predicted octanol–water partition coefficient (Wildman–Crippen LogP) is 3.23. The molecule has 0 radical (unpaired) electrons. The summed E-state index contributed by atoms with van der Waals surface area (Å²) in [6, 6.07) is 12.9. The first-order valence-electron chi connectivity index (χ1n) is 6.93. The Hall–Kier alpha value is -2.74. The van der Waals surface area contributed by atoms with Crippen LogP contribution < -0.4 is 20.9 Å². The standard InChI is InChI=1S/C16H15F2N3O2S/c1-10-2-6-12(7-3-10)19-16(24)21-20-14(22)11-4-8-13(9-5-11)23-15(17)18/h2-9,15H,1H3,(H,20,22)(H2,19,21,24). The van der Waals surface area contributed by atoms with Crippen LogP contribution in [0.15, 0.2) is 48.5 Å². The average molecular weight is 351 g/mol. The zero-order valence-electron chi connectivity index (χ0n) is 12.7. The zero-order valence-corrected chi connectivity index (χ0v) is 13.5. The van der Waals surface area contributed by atoms with Crippen LogP contribution in [0.2, 0.25) is 0 Å². The highest BCUT2D eigenvalue weighted by Crippen LogP contribution is 2.14. The van der Waals surface area contributed by atoms with E-state index in [1.807, 2.05) is 31.2 Å². The van der Waals surface area contributed by atoms with Crippen molar-refractivity contribution < 1.29 is 18.3 Å². The third-order valence-corrected chi connectivity index (χ3v) is 3.14. The Labute approximate surface area is 143 Å². The van der Waals surface area contributed by atoms with Gasteiger partial charge in [0, 0.05) is 11.3 Å². The lowest BCUT2D eigenvalue weighted by Crippen LogP contribution is -2.43. The van der Waals surface area contributed by atoms with Gasteiger partial charge >= 0.3 is 6.61 Å². The molecule has 0 atom stereocenters. The monoisotopic (exact) mass is 351 g/mol. The van der Waals surface area contributed by atoms with Gasteiger partial charge < -0.3 is 10.1 Å². The Morgan fingerprint density at radius 2 is 1.67 bits per heavy atom. The lowest BCUT2D eigenvalue weighted by atomic mass is 10.2. The van der Waals surface area contributed by atoms with Gasteiger partial charge in [0.15, 0.2) is 5.11 Å². The Bertz CT molecular complexity index is 706. The van der Waals surface area contributed by atoms with Gasteiger partial charge in [0.1, 0.15) is 5.75 Å². The second-order valence-corrected chi connectivity index (χ2v) is 5.21. The second-order valence-electron chi connectivity index (χ2n) is 4.80. The molecule has 0 fully saturated rings. The van der Waals surface area contributed by atoms with E-state index in [2.05, 4.69) is 20.9 Å². The SMILES string of the molecule is Cc1ccc(NC(=S)NNC(=O)c2ccc(OC(F)F)cc2)cc1. The summed E-state index contributed by atoms with van der Waals surface area (Å²) < 4.78 is 28.3. The first-order chi connectivity index (χ1) is 11.4. The third-order valence-electron chi connectivity index (χ3n) is 2.94. The molecular formula is C16H15F2N3O2S. The van der Waals surface area contributed by atoms with Crippen molar-refractivity contribution >= 4 is 28.9 Å². The van der Waals surface area contributed by atoms with E-state index in [0.29, 0.717) is 0 Å². The minimum atomic E-state index is -2.91. The van der Waals surface area contributed by atoms with E-state index in [-0.39, 0.29) is 16.4 Å². The number of anilines is 1. The molecule has 24 heavy (non-hydrogen) atoms. The van der Waals surface area contributed by atoms with E-state index >= 15 is 0 Å². The average Bonchev–Trinajstić information content (AvgIpc) is 2.55. The molecule has 0 heterocycles. The first kappa shape index (κ1) is 17.6. The molecule has 2 rings (SSSR count). The lowest BCUT2D eigenvalue weighted by Gasteiger charge is -2.12. The van der Waals surface area contributed by atoms with Gasteiger partial charge in [-0.15, -0.1) is 0 Å².